The molecule has 1 heterocycles. The second kappa shape index (κ2) is 9.90. The second-order valence-corrected chi connectivity index (χ2v) is 8.77. The molecule has 2 aliphatic rings. The molecule has 7 nitrogen and oxygen atoms in total. The number of imide groups is 1. The molecular formula is C22H31ClN2O5. The van der Waals surface area contributed by atoms with E-state index in [0.717, 1.165) is 25.7 Å². The number of halogens is 1. The van der Waals surface area contributed by atoms with Crippen molar-refractivity contribution in [1.29, 1.82) is 0 Å². The third kappa shape index (κ3) is 5.20. The quantitative estimate of drug-likeness (QED) is 0.313. The Morgan fingerprint density at radius 2 is 1.70 bits per heavy atom. The third-order valence-electron chi connectivity index (χ3n) is 6.08. The topological polar surface area (TPSA) is 83.9 Å². The number of amides is 2. The minimum atomic E-state index is -1.64. The number of likely N-dealkylation sites (tertiary alicyclic amines) is 1. The van der Waals surface area contributed by atoms with Gasteiger partial charge in [-0.25, -0.2) is 9.69 Å². The van der Waals surface area contributed by atoms with E-state index in [1.54, 1.807) is 12.1 Å². The predicted octanol–water partition coefficient (Wildman–Crippen LogP) is -1.21. The van der Waals surface area contributed by atoms with Crippen molar-refractivity contribution in [3.8, 4) is 0 Å². The largest absolute Gasteiger partial charge is 1.00 e. The van der Waals surface area contributed by atoms with Crippen LogP contribution >= 0.6 is 0 Å². The zero-order valence-electron chi connectivity index (χ0n) is 17.7. The van der Waals surface area contributed by atoms with Crippen molar-refractivity contribution in [3.05, 3.63) is 35.9 Å². The molecule has 1 aliphatic carbocycles. The molecular weight excluding hydrogens is 408 g/mol. The zero-order chi connectivity index (χ0) is 21.1. The molecule has 0 radical (unpaired) electrons. The van der Waals surface area contributed by atoms with Crippen LogP contribution in [0, 0.1) is 5.92 Å². The fourth-order valence-corrected chi connectivity index (χ4v) is 4.29. The van der Waals surface area contributed by atoms with Crippen molar-refractivity contribution in [2.75, 3.05) is 33.9 Å². The van der Waals surface area contributed by atoms with E-state index >= 15 is 0 Å². The summed E-state index contributed by atoms with van der Waals surface area (Å²) in [5.74, 6) is -1.08. The number of hydrogen-bond acceptors (Lipinski definition) is 5. The Bertz CT molecular complexity index is 748. The van der Waals surface area contributed by atoms with Gasteiger partial charge in [-0.2, -0.15) is 0 Å². The molecule has 0 aromatic heterocycles. The van der Waals surface area contributed by atoms with E-state index in [9.17, 15) is 19.5 Å². The maximum absolute atomic E-state index is 13.0. The van der Waals surface area contributed by atoms with E-state index in [0.29, 0.717) is 16.6 Å². The van der Waals surface area contributed by atoms with Crippen molar-refractivity contribution < 1.29 is 41.1 Å². The van der Waals surface area contributed by atoms with E-state index in [4.69, 9.17) is 4.74 Å². The number of likely N-dealkylation sites (N-methyl/N-ethyl adjacent to an activating group) is 1. The van der Waals surface area contributed by atoms with Gasteiger partial charge in [0.1, 0.15) is 13.2 Å². The summed E-state index contributed by atoms with van der Waals surface area (Å²) in [4.78, 5) is 38.0. The molecule has 1 unspecified atom stereocenters. The van der Waals surface area contributed by atoms with Crippen LogP contribution in [-0.4, -0.2) is 66.2 Å². The highest BCUT2D eigenvalue weighted by atomic mass is 35.5. The minimum Gasteiger partial charge on any atom is -1.00 e. The Hall–Kier alpha value is -1.96. The summed E-state index contributed by atoms with van der Waals surface area (Å²) in [6, 6.07) is 9.01. The molecule has 8 heteroatoms. The molecule has 1 aromatic rings. The molecule has 0 spiro atoms. The normalized spacial score (nSPS) is 19.5. The van der Waals surface area contributed by atoms with E-state index in [-0.39, 0.29) is 56.3 Å². The highest BCUT2D eigenvalue weighted by Gasteiger charge is 2.48. The van der Waals surface area contributed by atoms with Crippen molar-refractivity contribution in [2.24, 2.45) is 5.92 Å². The van der Waals surface area contributed by atoms with E-state index in [2.05, 4.69) is 0 Å². The first kappa shape index (κ1) is 24.3. The summed E-state index contributed by atoms with van der Waals surface area (Å²) in [6.07, 6.45) is 4.10. The molecule has 2 amide bonds. The molecule has 0 bridgehead atoms. The number of carbonyl (C=O) groups excluding carboxylic acids is 3. The molecule has 1 saturated heterocycles. The van der Waals surface area contributed by atoms with Gasteiger partial charge in [-0.1, -0.05) is 43.2 Å². The fraction of sp³-hybridized carbons (Fsp3) is 0.591. The number of carbonyl (C=O) groups is 3. The fourth-order valence-electron chi connectivity index (χ4n) is 4.29. The van der Waals surface area contributed by atoms with Gasteiger partial charge < -0.3 is 26.7 Å². The average molecular weight is 439 g/mol. The van der Waals surface area contributed by atoms with Crippen LogP contribution in [0.4, 0.5) is 0 Å². The Kier molecular flexibility index (Phi) is 8.02. The van der Waals surface area contributed by atoms with Crippen LogP contribution in [0.3, 0.4) is 0 Å². The molecule has 2 fully saturated rings. The summed E-state index contributed by atoms with van der Waals surface area (Å²) in [6.45, 7) is 0.781. The molecule has 1 atom stereocenters. The van der Waals surface area contributed by atoms with Gasteiger partial charge in [0.05, 0.1) is 14.1 Å². The summed E-state index contributed by atoms with van der Waals surface area (Å²) in [7, 11) is 3.76. The van der Waals surface area contributed by atoms with Crippen molar-refractivity contribution in [1.82, 2.24) is 4.90 Å². The number of aliphatic hydroxyl groups is 1. The average Bonchev–Trinajstić information content (AvgIpc) is 3.34. The Balaban J connectivity index is 0.00000320. The van der Waals surface area contributed by atoms with Gasteiger partial charge in [-0.3, -0.25) is 9.59 Å². The summed E-state index contributed by atoms with van der Waals surface area (Å²) < 4.78 is 5.87. The van der Waals surface area contributed by atoms with Gasteiger partial charge in [-0.05, 0) is 18.4 Å². The lowest BCUT2D eigenvalue weighted by atomic mass is 9.80. The minimum absolute atomic E-state index is 0. The van der Waals surface area contributed by atoms with Gasteiger partial charge in [0, 0.05) is 18.8 Å². The first-order valence-electron chi connectivity index (χ1n) is 10.3. The lowest BCUT2D eigenvalue weighted by Crippen LogP contribution is -3.00. The van der Waals surface area contributed by atoms with Crippen LogP contribution in [-0.2, 0) is 24.7 Å². The highest BCUT2D eigenvalue weighted by Crippen LogP contribution is 2.41. The van der Waals surface area contributed by atoms with Crippen LogP contribution in [0.5, 0.6) is 0 Å². The zero-order valence-corrected chi connectivity index (χ0v) is 18.4. The summed E-state index contributed by atoms with van der Waals surface area (Å²) in [5.41, 5.74) is -1.07. The molecule has 1 N–H and O–H groups in total. The predicted molar refractivity (Wildman–Crippen MR) is 106 cm³/mol. The van der Waals surface area contributed by atoms with Gasteiger partial charge in [-0.15, -0.1) is 0 Å². The van der Waals surface area contributed by atoms with E-state index in [1.807, 2.05) is 32.3 Å². The van der Waals surface area contributed by atoms with Gasteiger partial charge in [0.15, 0.2) is 12.3 Å². The Morgan fingerprint density at radius 3 is 2.27 bits per heavy atom. The van der Waals surface area contributed by atoms with Crippen LogP contribution < -0.4 is 12.4 Å². The lowest BCUT2D eigenvalue weighted by molar-refractivity contribution is -0.897. The highest BCUT2D eigenvalue weighted by molar-refractivity contribution is 6.01. The first-order valence-corrected chi connectivity index (χ1v) is 10.3. The summed E-state index contributed by atoms with van der Waals surface area (Å²) in [5, 5.41) is 11.4. The lowest BCUT2D eigenvalue weighted by Gasteiger charge is -2.34. The standard InChI is InChI=1S/C22H31N2O5.ClH/c1-24(2,16-23-19(25)12-13-20(23)26)14-15-29-21(27)22(28,18-10-6-7-11-18)17-8-4-3-5-9-17;/h3-5,8-9,18,28H,6-7,10-16H2,1-2H3;1H/q+1;/p-1. The van der Waals surface area contributed by atoms with Crippen LogP contribution in [0.1, 0.15) is 44.1 Å². The molecule has 1 saturated carbocycles. The van der Waals surface area contributed by atoms with E-state index < -0.39 is 11.6 Å². The van der Waals surface area contributed by atoms with Gasteiger partial charge in [0.2, 0.25) is 11.8 Å². The van der Waals surface area contributed by atoms with Crippen LogP contribution in [0.15, 0.2) is 30.3 Å². The molecule has 166 valence electrons. The molecule has 3 rings (SSSR count). The number of esters is 1. The van der Waals surface area contributed by atoms with Gasteiger partial charge >= 0.3 is 5.97 Å². The van der Waals surface area contributed by atoms with Crippen molar-refractivity contribution in [3.63, 3.8) is 0 Å². The number of nitrogens with zero attached hydrogens (tertiary/aromatic N) is 2. The van der Waals surface area contributed by atoms with Crippen molar-refractivity contribution in [2.45, 2.75) is 44.1 Å². The molecule has 1 aromatic carbocycles. The smallest absolute Gasteiger partial charge is 0.343 e. The number of hydrogen-bond donors (Lipinski definition) is 1. The molecule has 30 heavy (non-hydrogen) atoms. The number of ether oxygens (including phenoxy) is 1. The SMILES string of the molecule is C[N+](C)(CCOC(=O)C(O)(c1ccccc1)C1CCCC1)CN1C(=O)CCC1=O.[Cl-]. The van der Waals surface area contributed by atoms with Crippen LogP contribution in [0.2, 0.25) is 0 Å². The number of benzene rings is 1. The first-order chi connectivity index (χ1) is 13.7. The third-order valence-corrected chi connectivity index (χ3v) is 6.08. The molecule has 1 aliphatic heterocycles. The van der Waals surface area contributed by atoms with E-state index in [1.165, 1.54) is 4.90 Å². The second-order valence-electron chi connectivity index (χ2n) is 8.77. The number of quaternary nitrogens is 1. The summed E-state index contributed by atoms with van der Waals surface area (Å²) >= 11 is 0. The maximum atomic E-state index is 13.0. The number of rotatable bonds is 8. The maximum Gasteiger partial charge on any atom is 0.343 e. The Labute approximate surface area is 184 Å². The van der Waals surface area contributed by atoms with Crippen molar-refractivity contribution >= 4 is 17.8 Å². The van der Waals surface area contributed by atoms with Gasteiger partial charge in [0.25, 0.3) is 0 Å². The monoisotopic (exact) mass is 438 g/mol. The Morgan fingerprint density at radius 1 is 1.13 bits per heavy atom. The van der Waals surface area contributed by atoms with Crippen LogP contribution in [0.25, 0.3) is 0 Å².